The molecule has 106 valence electrons. The molecule has 0 aliphatic heterocycles. The van der Waals surface area contributed by atoms with Gasteiger partial charge in [0.15, 0.2) is 0 Å². The predicted octanol–water partition coefficient (Wildman–Crippen LogP) is 2.25. The Labute approximate surface area is 121 Å². The van der Waals surface area contributed by atoms with Crippen molar-refractivity contribution in [2.24, 2.45) is 0 Å². The van der Waals surface area contributed by atoms with Gasteiger partial charge in [0, 0.05) is 12.6 Å². The third-order valence-corrected chi connectivity index (χ3v) is 3.76. The highest BCUT2D eigenvalue weighted by atomic mass is 35.5. The molecule has 0 spiro atoms. The zero-order valence-corrected chi connectivity index (χ0v) is 12.4. The van der Waals surface area contributed by atoms with Crippen LogP contribution in [0.25, 0.3) is 0 Å². The molecule has 2 atom stereocenters. The van der Waals surface area contributed by atoms with Gasteiger partial charge in [-0.3, -0.25) is 4.79 Å². The van der Waals surface area contributed by atoms with E-state index in [1.54, 1.807) is 0 Å². The molecule has 2 rings (SSSR count). The van der Waals surface area contributed by atoms with E-state index in [9.17, 15) is 4.79 Å². The number of benzene rings is 1. The molecule has 0 saturated heterocycles. The Balaban J connectivity index is 0.00000180. The monoisotopic (exact) mass is 282 g/mol. The minimum Gasteiger partial charge on any atom is -0.354 e. The lowest BCUT2D eigenvalue weighted by Gasteiger charge is -2.25. The van der Waals surface area contributed by atoms with Crippen LogP contribution in [-0.2, 0) is 11.2 Å². The van der Waals surface area contributed by atoms with Crippen molar-refractivity contribution >= 4 is 18.3 Å². The molecule has 0 fully saturated rings. The van der Waals surface area contributed by atoms with Crippen LogP contribution in [0.1, 0.15) is 36.8 Å². The summed E-state index contributed by atoms with van der Waals surface area (Å²) in [4.78, 5) is 12.2. The predicted molar refractivity (Wildman–Crippen MR) is 80.9 cm³/mol. The van der Waals surface area contributed by atoms with E-state index in [0.717, 1.165) is 19.3 Å². The molecule has 3 nitrogen and oxygen atoms in total. The summed E-state index contributed by atoms with van der Waals surface area (Å²) < 4.78 is 0. The average molecular weight is 283 g/mol. The van der Waals surface area contributed by atoms with E-state index in [4.69, 9.17) is 0 Å². The second kappa shape index (κ2) is 7.51. The van der Waals surface area contributed by atoms with Crippen molar-refractivity contribution in [3.05, 3.63) is 35.4 Å². The minimum atomic E-state index is 0. The first-order valence-electron chi connectivity index (χ1n) is 6.75. The fourth-order valence-corrected chi connectivity index (χ4v) is 2.51. The van der Waals surface area contributed by atoms with Gasteiger partial charge >= 0.3 is 0 Å². The van der Waals surface area contributed by atoms with Crippen molar-refractivity contribution < 1.29 is 4.79 Å². The number of aryl methyl sites for hydroxylation is 1. The Kier molecular flexibility index (Phi) is 6.32. The van der Waals surface area contributed by atoms with Crippen LogP contribution in [0.4, 0.5) is 0 Å². The molecule has 1 aromatic carbocycles. The van der Waals surface area contributed by atoms with Crippen molar-refractivity contribution in [2.45, 2.75) is 38.1 Å². The van der Waals surface area contributed by atoms with Crippen LogP contribution in [0.3, 0.4) is 0 Å². The van der Waals surface area contributed by atoms with Gasteiger partial charge in [-0.1, -0.05) is 24.3 Å². The van der Waals surface area contributed by atoms with Gasteiger partial charge in [0.1, 0.15) is 0 Å². The highest BCUT2D eigenvalue weighted by Gasteiger charge is 2.25. The molecule has 1 amide bonds. The van der Waals surface area contributed by atoms with Gasteiger partial charge in [0.05, 0.1) is 5.92 Å². The van der Waals surface area contributed by atoms with E-state index in [1.807, 2.05) is 13.1 Å². The number of likely N-dealkylation sites (N-methyl/N-ethyl adjacent to an activating group) is 1. The number of fused-ring (bicyclic) bond motifs is 1. The summed E-state index contributed by atoms with van der Waals surface area (Å²) >= 11 is 0. The van der Waals surface area contributed by atoms with Crippen LogP contribution >= 0.6 is 12.4 Å². The van der Waals surface area contributed by atoms with E-state index >= 15 is 0 Å². The maximum atomic E-state index is 12.2. The Morgan fingerprint density at radius 2 is 2.16 bits per heavy atom. The zero-order chi connectivity index (χ0) is 13.0. The third-order valence-electron chi connectivity index (χ3n) is 3.76. The van der Waals surface area contributed by atoms with Gasteiger partial charge in [-0.15, -0.1) is 12.4 Å². The van der Waals surface area contributed by atoms with Gasteiger partial charge in [0.2, 0.25) is 5.91 Å². The Hall–Kier alpha value is -1.06. The number of carbonyl (C=O) groups is 1. The lowest BCUT2D eigenvalue weighted by atomic mass is 9.82. The molecule has 0 aromatic heterocycles. The standard InChI is InChI=1S/C15H22N2O.ClH/c1-11(16-2)10-17-15(18)14-9-5-7-12-6-3-4-8-13(12)14;/h3-4,6,8,11,14,16H,5,7,9-10H2,1-2H3,(H,17,18);1H. The third kappa shape index (κ3) is 3.95. The second-order valence-electron chi connectivity index (χ2n) is 5.08. The van der Waals surface area contributed by atoms with Crippen LogP contribution < -0.4 is 10.6 Å². The summed E-state index contributed by atoms with van der Waals surface area (Å²) in [7, 11) is 1.91. The summed E-state index contributed by atoms with van der Waals surface area (Å²) in [5.41, 5.74) is 2.56. The number of hydrogen-bond donors (Lipinski definition) is 2. The number of carbonyl (C=O) groups excluding carboxylic acids is 1. The number of hydrogen-bond acceptors (Lipinski definition) is 2. The second-order valence-corrected chi connectivity index (χ2v) is 5.08. The Morgan fingerprint density at radius 1 is 1.42 bits per heavy atom. The van der Waals surface area contributed by atoms with Crippen LogP contribution in [0.2, 0.25) is 0 Å². The summed E-state index contributed by atoms with van der Waals surface area (Å²) in [6.07, 6.45) is 3.18. The minimum absolute atomic E-state index is 0. The summed E-state index contributed by atoms with van der Waals surface area (Å²) in [5, 5.41) is 6.17. The lowest BCUT2D eigenvalue weighted by molar-refractivity contribution is -0.122. The molecule has 2 unspecified atom stereocenters. The maximum absolute atomic E-state index is 12.2. The first kappa shape index (κ1) is 16.0. The molecule has 0 bridgehead atoms. The molecule has 1 aliphatic carbocycles. The number of rotatable bonds is 4. The summed E-state index contributed by atoms with van der Waals surface area (Å²) in [5.74, 6) is 0.211. The molecule has 2 N–H and O–H groups in total. The molecule has 1 aromatic rings. The summed E-state index contributed by atoms with van der Waals surface area (Å²) in [6.45, 7) is 2.75. The van der Waals surface area contributed by atoms with Crippen molar-refractivity contribution in [3.63, 3.8) is 0 Å². The van der Waals surface area contributed by atoms with Crippen molar-refractivity contribution in [2.75, 3.05) is 13.6 Å². The van der Waals surface area contributed by atoms with Crippen molar-refractivity contribution in [1.29, 1.82) is 0 Å². The van der Waals surface area contributed by atoms with Crippen LogP contribution in [0, 0.1) is 0 Å². The maximum Gasteiger partial charge on any atom is 0.227 e. The molecule has 0 heterocycles. The first-order valence-corrected chi connectivity index (χ1v) is 6.75. The van der Waals surface area contributed by atoms with Crippen LogP contribution in [0.15, 0.2) is 24.3 Å². The quantitative estimate of drug-likeness (QED) is 0.889. The van der Waals surface area contributed by atoms with Gasteiger partial charge in [-0.2, -0.15) is 0 Å². The molecule has 0 saturated carbocycles. The van der Waals surface area contributed by atoms with E-state index in [1.165, 1.54) is 11.1 Å². The van der Waals surface area contributed by atoms with Crippen LogP contribution in [0.5, 0.6) is 0 Å². The van der Waals surface area contributed by atoms with Gasteiger partial charge in [0.25, 0.3) is 0 Å². The van der Waals surface area contributed by atoms with Gasteiger partial charge in [-0.05, 0) is 44.4 Å². The number of amides is 1. The highest BCUT2D eigenvalue weighted by molar-refractivity contribution is 5.85. The fraction of sp³-hybridized carbons (Fsp3) is 0.533. The Morgan fingerprint density at radius 3 is 2.89 bits per heavy atom. The van der Waals surface area contributed by atoms with E-state index in [2.05, 4.69) is 35.8 Å². The first-order chi connectivity index (χ1) is 8.72. The molecule has 0 radical (unpaired) electrons. The summed E-state index contributed by atoms with van der Waals surface area (Å²) in [6, 6.07) is 8.64. The van der Waals surface area contributed by atoms with Gasteiger partial charge in [-0.25, -0.2) is 0 Å². The molecular formula is C15H23ClN2O. The topological polar surface area (TPSA) is 41.1 Å². The Bertz CT molecular complexity index is 422. The SMILES string of the molecule is CNC(C)CNC(=O)C1CCCc2ccccc21.Cl. The van der Waals surface area contributed by atoms with Crippen LogP contribution in [-0.4, -0.2) is 25.5 Å². The number of nitrogens with one attached hydrogen (secondary N) is 2. The molecule has 19 heavy (non-hydrogen) atoms. The fourth-order valence-electron chi connectivity index (χ4n) is 2.51. The normalized spacial score (nSPS) is 18.9. The van der Waals surface area contributed by atoms with Crippen molar-refractivity contribution in [1.82, 2.24) is 10.6 Å². The zero-order valence-electron chi connectivity index (χ0n) is 11.6. The molecular weight excluding hydrogens is 260 g/mol. The number of halogens is 1. The van der Waals surface area contributed by atoms with Crippen molar-refractivity contribution in [3.8, 4) is 0 Å². The smallest absolute Gasteiger partial charge is 0.227 e. The molecule has 4 heteroatoms. The average Bonchev–Trinajstić information content (AvgIpc) is 2.43. The largest absolute Gasteiger partial charge is 0.354 e. The molecule has 1 aliphatic rings. The van der Waals surface area contributed by atoms with E-state index in [-0.39, 0.29) is 24.2 Å². The van der Waals surface area contributed by atoms with Gasteiger partial charge < -0.3 is 10.6 Å². The lowest BCUT2D eigenvalue weighted by Crippen LogP contribution is -2.40. The highest BCUT2D eigenvalue weighted by Crippen LogP contribution is 2.31. The van der Waals surface area contributed by atoms with E-state index in [0.29, 0.717) is 12.6 Å². The van der Waals surface area contributed by atoms with E-state index < -0.39 is 0 Å².